The number of nitrogens with zero attached hydrogens (tertiary/aromatic N) is 6. The molecule has 11 aromatic rings. The van der Waals surface area contributed by atoms with Crippen LogP contribution in [0.5, 0.6) is 0 Å². The zero-order valence-corrected chi connectivity index (χ0v) is 26.8. The molecule has 0 saturated heterocycles. The van der Waals surface area contributed by atoms with Gasteiger partial charge in [0.05, 0.1) is 22.1 Å². The Bertz CT molecular complexity index is 2870. The highest BCUT2D eigenvalue weighted by atomic mass is 15.2. The van der Waals surface area contributed by atoms with Gasteiger partial charge in [0.15, 0.2) is 11.3 Å². The molecular formula is C44H28N6. The van der Waals surface area contributed by atoms with Crippen LogP contribution in [-0.2, 0) is 0 Å². The molecule has 6 aromatic carbocycles. The fraction of sp³-hybridized carbons (Fsp3) is 0. The lowest BCUT2D eigenvalue weighted by molar-refractivity contribution is 0.982. The zero-order chi connectivity index (χ0) is 32.8. The Hall–Kier alpha value is -6.92. The van der Waals surface area contributed by atoms with Gasteiger partial charge in [-0.15, -0.1) is 0 Å². The average molecular weight is 641 g/mol. The zero-order valence-electron chi connectivity index (χ0n) is 26.8. The van der Waals surface area contributed by atoms with Gasteiger partial charge in [0.25, 0.3) is 0 Å². The smallest absolute Gasteiger partial charge is 0.166 e. The van der Waals surface area contributed by atoms with Gasteiger partial charge >= 0.3 is 0 Å². The van der Waals surface area contributed by atoms with Crippen molar-refractivity contribution in [2.45, 2.75) is 0 Å². The summed E-state index contributed by atoms with van der Waals surface area (Å²) in [5.41, 5.74) is 9.96. The van der Waals surface area contributed by atoms with Gasteiger partial charge in [-0.1, -0.05) is 109 Å². The molecule has 0 aliphatic rings. The molecule has 0 unspecified atom stereocenters. The SMILES string of the molecule is c1ccc(-n2c(-n3c4ccccc4c4nc5c(nc43)c3ccccc3n5-c3cc4ccccc4n3-c3ccccc3)cc3ccccc32)cc1. The summed E-state index contributed by atoms with van der Waals surface area (Å²) in [4.78, 5) is 11.2. The summed E-state index contributed by atoms with van der Waals surface area (Å²) in [7, 11) is 0. The monoisotopic (exact) mass is 640 g/mol. The molecule has 234 valence electrons. The molecule has 6 nitrogen and oxygen atoms in total. The molecule has 0 saturated carbocycles. The molecule has 0 aliphatic carbocycles. The molecule has 6 heteroatoms. The minimum absolute atomic E-state index is 0.824. The topological polar surface area (TPSA) is 45.5 Å². The fourth-order valence-corrected chi connectivity index (χ4v) is 7.83. The van der Waals surface area contributed by atoms with Crippen LogP contribution in [0.4, 0.5) is 0 Å². The van der Waals surface area contributed by atoms with Crippen molar-refractivity contribution >= 4 is 65.9 Å². The normalized spacial score (nSPS) is 12.0. The molecule has 0 spiro atoms. The number of benzene rings is 6. The molecule has 0 bridgehead atoms. The van der Waals surface area contributed by atoms with Crippen molar-refractivity contribution in [2.24, 2.45) is 0 Å². The van der Waals surface area contributed by atoms with Crippen LogP contribution in [0.25, 0.3) is 88.9 Å². The summed E-state index contributed by atoms with van der Waals surface area (Å²) in [6.07, 6.45) is 0. The predicted octanol–water partition coefficient (Wildman–Crippen LogP) is 10.6. The van der Waals surface area contributed by atoms with Gasteiger partial charge < -0.3 is 0 Å². The van der Waals surface area contributed by atoms with Crippen molar-refractivity contribution in [2.75, 3.05) is 0 Å². The second-order valence-corrected chi connectivity index (χ2v) is 12.7. The van der Waals surface area contributed by atoms with Crippen molar-refractivity contribution in [3.05, 3.63) is 170 Å². The van der Waals surface area contributed by atoms with E-state index in [1.807, 2.05) is 0 Å². The molecule has 0 N–H and O–H groups in total. The third kappa shape index (κ3) is 3.73. The summed E-state index contributed by atoms with van der Waals surface area (Å²) in [6, 6.07) is 59.8. The van der Waals surface area contributed by atoms with Gasteiger partial charge in [-0.05, 0) is 60.7 Å². The minimum atomic E-state index is 0.824. The molecule has 0 fully saturated rings. The minimum Gasteiger partial charge on any atom is -0.295 e. The van der Waals surface area contributed by atoms with Crippen LogP contribution in [0.2, 0.25) is 0 Å². The molecule has 5 heterocycles. The van der Waals surface area contributed by atoms with E-state index in [0.29, 0.717) is 0 Å². The molecular weight excluding hydrogens is 613 g/mol. The van der Waals surface area contributed by atoms with Gasteiger partial charge in [-0.3, -0.25) is 18.3 Å². The van der Waals surface area contributed by atoms with Crippen molar-refractivity contribution in [3.63, 3.8) is 0 Å². The maximum absolute atomic E-state index is 5.58. The van der Waals surface area contributed by atoms with Crippen molar-refractivity contribution in [3.8, 4) is 23.0 Å². The van der Waals surface area contributed by atoms with E-state index in [9.17, 15) is 0 Å². The molecule has 5 aromatic heterocycles. The second kappa shape index (κ2) is 10.3. The van der Waals surface area contributed by atoms with E-state index in [2.05, 4.69) is 188 Å². The number of hydrogen-bond donors (Lipinski definition) is 0. The van der Waals surface area contributed by atoms with Crippen molar-refractivity contribution in [1.82, 2.24) is 28.2 Å². The maximum atomic E-state index is 5.58. The highest BCUT2D eigenvalue weighted by Crippen LogP contribution is 2.39. The first-order valence-corrected chi connectivity index (χ1v) is 16.9. The summed E-state index contributed by atoms with van der Waals surface area (Å²) < 4.78 is 9.23. The van der Waals surface area contributed by atoms with Crippen LogP contribution < -0.4 is 0 Å². The number of para-hydroxylation sites is 6. The van der Waals surface area contributed by atoms with E-state index in [-0.39, 0.29) is 0 Å². The highest BCUT2D eigenvalue weighted by Gasteiger charge is 2.25. The van der Waals surface area contributed by atoms with Gasteiger partial charge in [-0.25, -0.2) is 9.97 Å². The summed E-state index contributed by atoms with van der Waals surface area (Å²) in [5, 5.41) is 4.44. The summed E-state index contributed by atoms with van der Waals surface area (Å²) >= 11 is 0. The third-order valence-electron chi connectivity index (χ3n) is 9.95. The van der Waals surface area contributed by atoms with Crippen LogP contribution in [-0.4, -0.2) is 28.2 Å². The first kappa shape index (κ1) is 27.1. The van der Waals surface area contributed by atoms with E-state index in [1.54, 1.807) is 0 Å². The third-order valence-corrected chi connectivity index (χ3v) is 9.95. The van der Waals surface area contributed by atoms with Gasteiger partial charge in [0, 0.05) is 32.9 Å². The van der Waals surface area contributed by atoms with Gasteiger partial charge in [-0.2, -0.15) is 0 Å². The molecule has 0 amide bonds. The van der Waals surface area contributed by atoms with E-state index in [4.69, 9.17) is 9.97 Å². The van der Waals surface area contributed by atoms with Crippen LogP contribution in [0.1, 0.15) is 0 Å². The van der Waals surface area contributed by atoms with Crippen LogP contribution in [0.15, 0.2) is 170 Å². The maximum Gasteiger partial charge on any atom is 0.166 e. The first-order valence-electron chi connectivity index (χ1n) is 16.9. The summed E-state index contributed by atoms with van der Waals surface area (Å²) in [5.74, 6) is 2.04. The Kier molecular flexibility index (Phi) is 5.57. The predicted molar refractivity (Wildman–Crippen MR) is 204 cm³/mol. The second-order valence-electron chi connectivity index (χ2n) is 12.7. The average Bonchev–Trinajstić information content (AvgIpc) is 3.92. The van der Waals surface area contributed by atoms with Gasteiger partial charge in [0.1, 0.15) is 22.7 Å². The number of rotatable bonds is 4. The molecule has 0 aliphatic heterocycles. The van der Waals surface area contributed by atoms with E-state index in [1.165, 1.54) is 0 Å². The Balaban J connectivity index is 1.29. The highest BCUT2D eigenvalue weighted by molar-refractivity contribution is 6.13. The molecule has 0 atom stereocenters. The Morgan fingerprint density at radius 3 is 1.12 bits per heavy atom. The Labute approximate surface area is 286 Å². The lowest BCUT2D eigenvalue weighted by atomic mass is 10.2. The number of fused-ring (bicyclic) bond motifs is 8. The standard InChI is InChI=1S/C44H28N6/c1-3-17-31(18-4-1)47-35-23-11-7-15-29(35)27-39(47)49-37-25-13-9-21-33(37)41-43(49)45-42-34-22-10-14-26-38(34)50(44(42)46-41)40-28-30-16-8-12-24-36(30)48(40)32-19-5-2-6-20-32/h1-28H. The van der Waals surface area contributed by atoms with Gasteiger partial charge in [0.2, 0.25) is 0 Å². The quantitative estimate of drug-likeness (QED) is 0.192. The van der Waals surface area contributed by atoms with Crippen LogP contribution >= 0.6 is 0 Å². The molecule has 50 heavy (non-hydrogen) atoms. The van der Waals surface area contributed by atoms with Crippen LogP contribution in [0, 0.1) is 0 Å². The van der Waals surface area contributed by atoms with Crippen molar-refractivity contribution in [1.29, 1.82) is 0 Å². The fourth-order valence-electron chi connectivity index (χ4n) is 7.83. The number of aromatic nitrogens is 6. The number of hydrogen-bond acceptors (Lipinski definition) is 2. The lowest BCUT2D eigenvalue weighted by Gasteiger charge is -2.14. The Morgan fingerprint density at radius 1 is 0.320 bits per heavy atom. The Morgan fingerprint density at radius 2 is 0.680 bits per heavy atom. The van der Waals surface area contributed by atoms with Crippen LogP contribution in [0.3, 0.4) is 0 Å². The molecule has 0 radical (unpaired) electrons. The summed E-state index contributed by atoms with van der Waals surface area (Å²) in [6.45, 7) is 0. The largest absolute Gasteiger partial charge is 0.295 e. The lowest BCUT2D eigenvalue weighted by Crippen LogP contribution is -2.06. The van der Waals surface area contributed by atoms with E-state index >= 15 is 0 Å². The van der Waals surface area contributed by atoms with E-state index in [0.717, 1.165) is 88.9 Å². The molecule has 11 rings (SSSR count). The van der Waals surface area contributed by atoms with Crippen molar-refractivity contribution < 1.29 is 0 Å². The first-order chi connectivity index (χ1) is 24.8. The van der Waals surface area contributed by atoms with E-state index < -0.39 is 0 Å².